The van der Waals surface area contributed by atoms with E-state index in [0.717, 1.165) is 16.7 Å². The van der Waals surface area contributed by atoms with Gasteiger partial charge in [0.2, 0.25) is 0 Å². The van der Waals surface area contributed by atoms with Gasteiger partial charge in [0.15, 0.2) is 0 Å². The summed E-state index contributed by atoms with van der Waals surface area (Å²) >= 11 is 6.41. The lowest BCUT2D eigenvalue weighted by molar-refractivity contribution is 0.134. The first kappa shape index (κ1) is 12.6. The standard InChI is InChI=1S/C16H14ClFO/c1-10-2-5-14(15(18)6-10)16(17)11-3-4-12-8-19-9-13(12)7-11/h2-7,16H,8-9H2,1H3. The van der Waals surface area contributed by atoms with Crippen molar-refractivity contribution in [1.29, 1.82) is 0 Å². The fourth-order valence-electron chi connectivity index (χ4n) is 2.37. The van der Waals surface area contributed by atoms with E-state index in [0.29, 0.717) is 18.8 Å². The number of ether oxygens (including phenoxy) is 1. The topological polar surface area (TPSA) is 9.23 Å². The Morgan fingerprint density at radius 3 is 2.68 bits per heavy atom. The molecular formula is C16H14ClFO. The van der Waals surface area contributed by atoms with Crippen molar-refractivity contribution >= 4 is 11.6 Å². The Labute approximate surface area is 117 Å². The lowest BCUT2D eigenvalue weighted by atomic mass is 9.99. The summed E-state index contributed by atoms with van der Waals surface area (Å²) in [5, 5.41) is -0.466. The Hall–Kier alpha value is -1.38. The maximum atomic E-state index is 14.0. The summed E-state index contributed by atoms with van der Waals surface area (Å²) < 4.78 is 19.3. The van der Waals surface area contributed by atoms with Crippen LogP contribution in [0.25, 0.3) is 0 Å². The number of hydrogen-bond donors (Lipinski definition) is 0. The first-order valence-electron chi connectivity index (χ1n) is 6.25. The van der Waals surface area contributed by atoms with Crippen molar-refractivity contribution in [3.05, 3.63) is 70.0 Å². The third kappa shape index (κ3) is 2.38. The second-order valence-electron chi connectivity index (χ2n) is 4.91. The maximum Gasteiger partial charge on any atom is 0.128 e. The summed E-state index contributed by atoms with van der Waals surface area (Å²) in [7, 11) is 0. The molecule has 0 spiro atoms. The van der Waals surface area contributed by atoms with Crippen LogP contribution in [0.1, 0.15) is 33.2 Å². The summed E-state index contributed by atoms with van der Waals surface area (Å²) in [5.74, 6) is -0.253. The van der Waals surface area contributed by atoms with Crippen molar-refractivity contribution in [2.75, 3.05) is 0 Å². The van der Waals surface area contributed by atoms with Crippen LogP contribution in [0.15, 0.2) is 36.4 Å². The highest BCUT2D eigenvalue weighted by Crippen LogP contribution is 2.33. The molecule has 0 bridgehead atoms. The lowest BCUT2D eigenvalue weighted by Gasteiger charge is -2.13. The number of halogens is 2. The van der Waals surface area contributed by atoms with Gasteiger partial charge < -0.3 is 4.74 Å². The van der Waals surface area contributed by atoms with Crippen LogP contribution in [0.2, 0.25) is 0 Å². The fraction of sp³-hybridized carbons (Fsp3) is 0.250. The molecule has 2 aromatic rings. The van der Waals surface area contributed by atoms with Crippen molar-refractivity contribution in [2.24, 2.45) is 0 Å². The molecule has 0 saturated heterocycles. The van der Waals surface area contributed by atoms with Gasteiger partial charge in [-0.2, -0.15) is 0 Å². The van der Waals surface area contributed by atoms with Crippen LogP contribution in [0, 0.1) is 12.7 Å². The predicted molar refractivity (Wildman–Crippen MR) is 73.8 cm³/mol. The Kier molecular flexibility index (Phi) is 3.29. The van der Waals surface area contributed by atoms with Crippen molar-refractivity contribution < 1.29 is 9.13 Å². The van der Waals surface area contributed by atoms with E-state index in [1.807, 2.05) is 31.2 Å². The summed E-state index contributed by atoms with van der Waals surface area (Å²) in [6.07, 6.45) is 0. The highest BCUT2D eigenvalue weighted by atomic mass is 35.5. The van der Waals surface area contributed by atoms with E-state index < -0.39 is 5.38 Å². The number of hydrogen-bond acceptors (Lipinski definition) is 1. The van der Waals surface area contributed by atoms with Gasteiger partial charge in [-0.1, -0.05) is 30.3 Å². The van der Waals surface area contributed by atoms with E-state index in [4.69, 9.17) is 16.3 Å². The molecule has 3 rings (SSSR count). The van der Waals surface area contributed by atoms with Gasteiger partial charge in [-0.25, -0.2) is 4.39 Å². The van der Waals surface area contributed by atoms with Crippen molar-refractivity contribution in [3.63, 3.8) is 0 Å². The quantitative estimate of drug-likeness (QED) is 0.734. The van der Waals surface area contributed by atoms with Gasteiger partial charge in [-0.3, -0.25) is 0 Å². The van der Waals surface area contributed by atoms with Gasteiger partial charge in [-0.05, 0) is 35.2 Å². The second kappa shape index (κ2) is 4.95. The zero-order valence-electron chi connectivity index (χ0n) is 10.6. The summed E-state index contributed by atoms with van der Waals surface area (Å²) in [4.78, 5) is 0. The van der Waals surface area contributed by atoms with Crippen LogP contribution in [-0.2, 0) is 18.0 Å². The van der Waals surface area contributed by atoms with E-state index in [9.17, 15) is 4.39 Å². The molecule has 1 aliphatic rings. The van der Waals surface area contributed by atoms with E-state index in [2.05, 4.69) is 0 Å². The maximum absolute atomic E-state index is 14.0. The first-order valence-corrected chi connectivity index (χ1v) is 6.68. The first-order chi connectivity index (χ1) is 9.15. The van der Waals surface area contributed by atoms with Crippen LogP contribution in [0.4, 0.5) is 4.39 Å². The third-order valence-corrected chi connectivity index (χ3v) is 3.95. The number of alkyl halides is 1. The molecule has 1 heterocycles. The predicted octanol–water partition coefficient (Wildman–Crippen LogP) is 4.49. The smallest absolute Gasteiger partial charge is 0.128 e. The lowest BCUT2D eigenvalue weighted by Crippen LogP contribution is -1.98. The molecule has 1 nitrogen and oxygen atoms in total. The minimum atomic E-state index is -0.466. The fourth-order valence-corrected chi connectivity index (χ4v) is 2.68. The zero-order valence-corrected chi connectivity index (χ0v) is 11.4. The molecule has 0 saturated carbocycles. The molecule has 0 radical (unpaired) electrons. The largest absolute Gasteiger partial charge is 0.372 e. The highest BCUT2D eigenvalue weighted by molar-refractivity contribution is 6.22. The third-order valence-electron chi connectivity index (χ3n) is 3.47. The molecular weight excluding hydrogens is 263 g/mol. The van der Waals surface area contributed by atoms with Crippen molar-refractivity contribution in [2.45, 2.75) is 25.5 Å². The van der Waals surface area contributed by atoms with Gasteiger partial charge >= 0.3 is 0 Å². The van der Waals surface area contributed by atoms with Crippen molar-refractivity contribution in [1.82, 2.24) is 0 Å². The van der Waals surface area contributed by atoms with Gasteiger partial charge in [0.05, 0.1) is 18.6 Å². The molecule has 0 aromatic heterocycles. The second-order valence-corrected chi connectivity index (χ2v) is 5.34. The number of aryl methyl sites for hydroxylation is 1. The average molecular weight is 277 g/mol. The molecule has 1 unspecified atom stereocenters. The van der Waals surface area contributed by atoms with E-state index in [-0.39, 0.29) is 5.82 Å². The number of rotatable bonds is 2. The average Bonchev–Trinajstić information content (AvgIpc) is 2.85. The Balaban J connectivity index is 1.97. The summed E-state index contributed by atoms with van der Waals surface area (Å²) in [6, 6.07) is 11.1. The molecule has 0 aliphatic carbocycles. The Bertz CT molecular complexity index is 624. The molecule has 1 aliphatic heterocycles. The minimum absolute atomic E-state index is 0.253. The number of fused-ring (bicyclic) bond motifs is 1. The summed E-state index contributed by atoms with van der Waals surface area (Å²) in [5.41, 5.74) is 4.67. The van der Waals surface area contributed by atoms with Gasteiger partial charge in [-0.15, -0.1) is 11.6 Å². The Morgan fingerprint density at radius 2 is 1.89 bits per heavy atom. The molecule has 3 heteroatoms. The van der Waals surface area contributed by atoms with Crippen LogP contribution < -0.4 is 0 Å². The minimum Gasteiger partial charge on any atom is -0.372 e. The molecule has 2 aromatic carbocycles. The van der Waals surface area contributed by atoms with E-state index >= 15 is 0 Å². The van der Waals surface area contributed by atoms with Gasteiger partial charge in [0, 0.05) is 5.56 Å². The van der Waals surface area contributed by atoms with Gasteiger partial charge in [0.25, 0.3) is 0 Å². The summed E-state index contributed by atoms with van der Waals surface area (Å²) in [6.45, 7) is 3.13. The zero-order chi connectivity index (χ0) is 13.4. The normalized spacial score (nSPS) is 15.3. The molecule has 19 heavy (non-hydrogen) atoms. The molecule has 0 fully saturated rings. The molecule has 0 N–H and O–H groups in total. The van der Waals surface area contributed by atoms with Crippen LogP contribution in [-0.4, -0.2) is 0 Å². The number of benzene rings is 2. The Morgan fingerprint density at radius 1 is 1.11 bits per heavy atom. The van der Waals surface area contributed by atoms with Crippen molar-refractivity contribution in [3.8, 4) is 0 Å². The monoisotopic (exact) mass is 276 g/mol. The highest BCUT2D eigenvalue weighted by Gasteiger charge is 2.18. The molecule has 1 atom stereocenters. The van der Waals surface area contributed by atoms with Crippen LogP contribution in [0.3, 0.4) is 0 Å². The van der Waals surface area contributed by atoms with Gasteiger partial charge in [0.1, 0.15) is 5.82 Å². The van der Waals surface area contributed by atoms with E-state index in [1.165, 1.54) is 11.6 Å². The molecule has 98 valence electrons. The van der Waals surface area contributed by atoms with E-state index in [1.54, 1.807) is 6.07 Å². The SMILES string of the molecule is Cc1ccc(C(Cl)c2ccc3c(c2)COC3)c(F)c1. The van der Waals surface area contributed by atoms with Crippen LogP contribution >= 0.6 is 11.6 Å². The van der Waals surface area contributed by atoms with Crippen LogP contribution in [0.5, 0.6) is 0 Å². The molecule has 0 amide bonds.